The fourth-order valence-electron chi connectivity index (χ4n) is 2.86. The average Bonchev–Trinajstić information content (AvgIpc) is 3.02. The molecule has 0 N–H and O–H groups in total. The van der Waals surface area contributed by atoms with Crippen molar-refractivity contribution in [2.75, 3.05) is 26.2 Å². The molecule has 0 bridgehead atoms. The fraction of sp³-hybridized carbons (Fsp3) is 0.438. The van der Waals surface area contributed by atoms with Crippen LogP contribution in [0.2, 0.25) is 0 Å². The summed E-state index contributed by atoms with van der Waals surface area (Å²) in [6, 6.07) is 11.8. The van der Waals surface area contributed by atoms with Gasteiger partial charge in [0, 0.05) is 26.2 Å². The normalized spacial score (nSPS) is 16.6. The summed E-state index contributed by atoms with van der Waals surface area (Å²) in [6.45, 7) is 4.47. The largest absolute Gasteiger partial charge is 0.339 e. The van der Waals surface area contributed by atoms with Gasteiger partial charge < -0.3 is 4.90 Å². The maximum atomic E-state index is 12.4. The van der Waals surface area contributed by atoms with Crippen LogP contribution in [-0.2, 0) is 11.3 Å². The molecule has 8 nitrogen and oxygen atoms in total. The van der Waals surface area contributed by atoms with Crippen molar-refractivity contribution in [3.8, 4) is 6.07 Å². The van der Waals surface area contributed by atoms with Crippen LogP contribution in [0, 0.1) is 18.3 Å². The highest BCUT2D eigenvalue weighted by molar-refractivity contribution is 5.76. The maximum absolute atomic E-state index is 12.4. The Balaban J connectivity index is 1.58. The van der Waals surface area contributed by atoms with Crippen LogP contribution in [0.3, 0.4) is 0 Å². The molecule has 0 radical (unpaired) electrons. The Morgan fingerprint density at radius 3 is 2.54 bits per heavy atom. The molecule has 2 heterocycles. The minimum absolute atomic E-state index is 0.00160. The van der Waals surface area contributed by atoms with Gasteiger partial charge in [-0.1, -0.05) is 30.3 Å². The molecule has 1 aliphatic rings. The van der Waals surface area contributed by atoms with Gasteiger partial charge in [0.1, 0.15) is 18.4 Å². The second-order valence-corrected chi connectivity index (χ2v) is 5.74. The van der Waals surface area contributed by atoms with Crippen molar-refractivity contribution >= 4 is 5.91 Å². The zero-order valence-corrected chi connectivity index (χ0v) is 13.5. The lowest BCUT2D eigenvalue weighted by Gasteiger charge is -2.37. The van der Waals surface area contributed by atoms with E-state index < -0.39 is 0 Å². The average molecular weight is 325 g/mol. The number of hydrogen-bond acceptors (Lipinski definition) is 6. The third-order valence-corrected chi connectivity index (χ3v) is 4.27. The van der Waals surface area contributed by atoms with Crippen molar-refractivity contribution in [1.82, 2.24) is 30.0 Å². The number of hydrogen-bond donors (Lipinski definition) is 0. The monoisotopic (exact) mass is 325 g/mol. The van der Waals surface area contributed by atoms with Gasteiger partial charge in [0.15, 0.2) is 0 Å². The number of tetrazole rings is 1. The number of aromatic nitrogens is 4. The van der Waals surface area contributed by atoms with E-state index in [1.54, 1.807) is 11.8 Å². The highest BCUT2D eigenvalue weighted by Crippen LogP contribution is 2.21. The second-order valence-electron chi connectivity index (χ2n) is 5.74. The van der Waals surface area contributed by atoms with E-state index >= 15 is 0 Å². The Labute approximate surface area is 140 Å². The molecule has 24 heavy (non-hydrogen) atoms. The Bertz CT molecular complexity index is 728. The molecule has 1 aliphatic heterocycles. The lowest BCUT2D eigenvalue weighted by atomic mass is 10.1. The number of carbonyl (C=O) groups is 1. The van der Waals surface area contributed by atoms with E-state index in [4.69, 9.17) is 0 Å². The SMILES string of the molecule is Cc1nnnn1CC(=O)N1CCN(C(C#N)c2ccccc2)CC1. The highest BCUT2D eigenvalue weighted by Gasteiger charge is 2.27. The smallest absolute Gasteiger partial charge is 0.244 e. The molecule has 0 saturated carbocycles. The Morgan fingerprint density at radius 2 is 1.96 bits per heavy atom. The molecule has 1 unspecified atom stereocenters. The predicted molar refractivity (Wildman–Crippen MR) is 85.5 cm³/mol. The third kappa shape index (κ3) is 3.41. The first-order valence-corrected chi connectivity index (χ1v) is 7.88. The zero-order chi connectivity index (χ0) is 16.9. The van der Waals surface area contributed by atoms with Crippen LogP contribution in [0.4, 0.5) is 0 Å². The number of amides is 1. The van der Waals surface area contributed by atoms with Gasteiger partial charge in [-0.2, -0.15) is 5.26 Å². The van der Waals surface area contributed by atoms with Crippen molar-refractivity contribution in [3.63, 3.8) is 0 Å². The molecule has 1 fully saturated rings. The fourth-order valence-corrected chi connectivity index (χ4v) is 2.86. The van der Waals surface area contributed by atoms with E-state index in [1.807, 2.05) is 30.3 Å². The molecule has 1 atom stereocenters. The number of nitrogens with zero attached hydrogens (tertiary/aromatic N) is 7. The molecule has 124 valence electrons. The van der Waals surface area contributed by atoms with E-state index in [0.29, 0.717) is 32.0 Å². The summed E-state index contributed by atoms with van der Waals surface area (Å²) in [5.41, 5.74) is 0.990. The number of nitriles is 1. The van der Waals surface area contributed by atoms with Gasteiger partial charge in [0.05, 0.1) is 6.07 Å². The minimum atomic E-state index is -0.273. The van der Waals surface area contributed by atoms with Crippen molar-refractivity contribution < 1.29 is 4.79 Å². The number of aryl methyl sites for hydroxylation is 1. The van der Waals surface area contributed by atoms with Crippen LogP contribution in [-0.4, -0.2) is 62.1 Å². The van der Waals surface area contributed by atoms with Crippen LogP contribution in [0.25, 0.3) is 0 Å². The summed E-state index contributed by atoms with van der Waals surface area (Å²) >= 11 is 0. The quantitative estimate of drug-likeness (QED) is 0.807. The highest BCUT2D eigenvalue weighted by atomic mass is 16.2. The van der Waals surface area contributed by atoms with Gasteiger partial charge in [-0.05, 0) is 22.9 Å². The molecule has 1 amide bonds. The molecule has 0 aliphatic carbocycles. The maximum Gasteiger partial charge on any atom is 0.244 e. The zero-order valence-electron chi connectivity index (χ0n) is 13.5. The summed E-state index contributed by atoms with van der Waals surface area (Å²) < 4.78 is 1.50. The van der Waals surface area contributed by atoms with Crippen LogP contribution in [0.15, 0.2) is 30.3 Å². The van der Waals surface area contributed by atoms with E-state index in [1.165, 1.54) is 4.68 Å². The van der Waals surface area contributed by atoms with Gasteiger partial charge >= 0.3 is 0 Å². The molecule has 0 spiro atoms. The van der Waals surface area contributed by atoms with Crippen LogP contribution in [0.1, 0.15) is 17.4 Å². The minimum Gasteiger partial charge on any atom is -0.339 e. The molecule has 1 aromatic heterocycles. The van der Waals surface area contributed by atoms with Gasteiger partial charge in [0.25, 0.3) is 0 Å². The summed E-state index contributed by atoms with van der Waals surface area (Å²) in [5, 5.41) is 20.6. The Hall–Kier alpha value is -2.79. The van der Waals surface area contributed by atoms with Gasteiger partial charge in [0.2, 0.25) is 5.91 Å². The second kappa shape index (κ2) is 7.19. The lowest BCUT2D eigenvalue weighted by Crippen LogP contribution is -2.50. The Morgan fingerprint density at radius 1 is 1.25 bits per heavy atom. The van der Waals surface area contributed by atoms with Crippen molar-refractivity contribution in [2.24, 2.45) is 0 Å². The van der Waals surface area contributed by atoms with Crippen molar-refractivity contribution in [2.45, 2.75) is 19.5 Å². The van der Waals surface area contributed by atoms with Crippen molar-refractivity contribution in [1.29, 1.82) is 5.26 Å². The van der Waals surface area contributed by atoms with Gasteiger partial charge in [-0.15, -0.1) is 5.10 Å². The summed E-state index contributed by atoms with van der Waals surface area (Å²) in [4.78, 5) is 16.3. The molecule has 1 saturated heterocycles. The standard InChI is InChI=1S/C16H19N7O/c1-13-18-19-20-23(13)12-16(24)22-9-7-21(8-10-22)15(11-17)14-5-3-2-4-6-14/h2-6,15H,7-10,12H2,1H3. The van der Waals surface area contributed by atoms with E-state index in [0.717, 1.165) is 5.56 Å². The van der Waals surface area contributed by atoms with Gasteiger partial charge in [-0.3, -0.25) is 9.69 Å². The topological polar surface area (TPSA) is 90.9 Å². The number of carbonyl (C=O) groups excluding carboxylic acids is 1. The van der Waals surface area contributed by atoms with Crippen LogP contribution < -0.4 is 0 Å². The molecule has 1 aromatic carbocycles. The molecule has 2 aromatic rings. The molecular weight excluding hydrogens is 306 g/mol. The summed E-state index contributed by atoms with van der Waals surface area (Å²) in [6.07, 6.45) is 0. The summed E-state index contributed by atoms with van der Waals surface area (Å²) in [5.74, 6) is 0.619. The first-order chi connectivity index (χ1) is 11.7. The van der Waals surface area contributed by atoms with Crippen LogP contribution >= 0.6 is 0 Å². The first kappa shape index (κ1) is 16.1. The summed E-state index contributed by atoms with van der Waals surface area (Å²) in [7, 11) is 0. The molecule has 8 heteroatoms. The third-order valence-electron chi connectivity index (χ3n) is 4.27. The van der Waals surface area contributed by atoms with E-state index in [9.17, 15) is 10.1 Å². The lowest BCUT2D eigenvalue weighted by molar-refractivity contribution is -0.134. The van der Waals surface area contributed by atoms with E-state index in [-0.39, 0.29) is 18.5 Å². The Kier molecular flexibility index (Phi) is 4.82. The van der Waals surface area contributed by atoms with Crippen molar-refractivity contribution in [3.05, 3.63) is 41.7 Å². The number of piperazine rings is 1. The van der Waals surface area contributed by atoms with Crippen LogP contribution in [0.5, 0.6) is 0 Å². The van der Waals surface area contributed by atoms with E-state index in [2.05, 4.69) is 26.5 Å². The van der Waals surface area contributed by atoms with Gasteiger partial charge in [-0.25, -0.2) is 4.68 Å². The first-order valence-electron chi connectivity index (χ1n) is 7.88. The predicted octanol–water partition coefficient (Wildman–Crippen LogP) is 0.391. The number of rotatable bonds is 4. The number of benzene rings is 1. The molecule has 3 rings (SSSR count). The molecular formula is C16H19N7O.